The number of aliphatic carboxylic acids is 1. The van der Waals surface area contributed by atoms with E-state index >= 15 is 0 Å². The maximum atomic E-state index is 13.1. The number of carboxylic acid groups (broad SMARTS) is 1. The van der Waals surface area contributed by atoms with Gasteiger partial charge in [0.15, 0.2) is 0 Å². The normalized spacial score (nSPS) is 12.2. The van der Waals surface area contributed by atoms with Crippen molar-refractivity contribution in [3.63, 3.8) is 0 Å². The number of fused-ring (bicyclic) bond motifs is 2. The Balaban J connectivity index is 1.46. The van der Waals surface area contributed by atoms with Gasteiger partial charge in [-0.3, -0.25) is 4.79 Å². The number of carbonyl (C=O) groups is 2. The molecule has 0 radical (unpaired) electrons. The van der Waals surface area contributed by atoms with Crippen LogP contribution >= 0.6 is 11.3 Å². The number of aromatic hydroxyl groups is 1. The Hall–Kier alpha value is -4.11. The van der Waals surface area contributed by atoms with Crippen molar-refractivity contribution in [3.8, 4) is 16.5 Å². The maximum Gasteiger partial charge on any atom is 0.326 e. The Morgan fingerprint density at radius 1 is 1.12 bits per heavy atom. The highest BCUT2D eigenvalue weighted by Crippen LogP contribution is 2.31. The molecule has 5 N–H and O–H groups in total. The summed E-state index contributed by atoms with van der Waals surface area (Å²) in [6.45, 7) is 0. The van der Waals surface area contributed by atoms with Gasteiger partial charge in [-0.1, -0.05) is 24.3 Å². The number of rotatable bonds is 6. The number of para-hydroxylation sites is 1. The first-order valence-electron chi connectivity index (χ1n) is 9.85. The second-order valence-electron chi connectivity index (χ2n) is 7.35. The van der Waals surface area contributed by atoms with E-state index in [0.717, 1.165) is 21.3 Å². The van der Waals surface area contributed by atoms with Crippen LogP contribution in [0, 0.1) is 0 Å². The number of nitrogens with zero attached hydrogens (tertiary/aromatic N) is 1. The number of hydrogen-bond acceptors (Lipinski definition) is 5. The monoisotopic (exact) mass is 446 g/mol. The van der Waals surface area contributed by atoms with Gasteiger partial charge < -0.3 is 25.5 Å². The molecule has 0 saturated heterocycles. The van der Waals surface area contributed by atoms with Gasteiger partial charge in [0, 0.05) is 23.5 Å². The summed E-state index contributed by atoms with van der Waals surface area (Å²) in [7, 11) is 0. The number of imidazole rings is 1. The predicted molar refractivity (Wildman–Crippen MR) is 122 cm³/mol. The van der Waals surface area contributed by atoms with Crippen molar-refractivity contribution in [2.75, 3.05) is 0 Å². The molecule has 160 valence electrons. The fourth-order valence-electron chi connectivity index (χ4n) is 3.75. The molecule has 8 nitrogen and oxygen atoms in total. The first-order chi connectivity index (χ1) is 15.5. The number of amides is 1. The number of benzene rings is 2. The van der Waals surface area contributed by atoms with Crippen LogP contribution in [-0.4, -0.2) is 43.1 Å². The van der Waals surface area contributed by atoms with Crippen LogP contribution in [0.25, 0.3) is 32.6 Å². The van der Waals surface area contributed by atoms with E-state index in [0.29, 0.717) is 11.3 Å². The molecule has 0 aliphatic carbocycles. The number of carboxylic acids is 1. The highest BCUT2D eigenvalue weighted by atomic mass is 32.1. The van der Waals surface area contributed by atoms with Crippen molar-refractivity contribution in [2.24, 2.45) is 0 Å². The lowest BCUT2D eigenvalue weighted by Crippen LogP contribution is -2.42. The molecular weight excluding hydrogens is 428 g/mol. The van der Waals surface area contributed by atoms with Crippen LogP contribution in [0.5, 0.6) is 5.75 Å². The van der Waals surface area contributed by atoms with Crippen molar-refractivity contribution in [3.05, 3.63) is 71.2 Å². The van der Waals surface area contributed by atoms with E-state index in [1.165, 1.54) is 23.5 Å². The molecule has 0 aliphatic heterocycles. The van der Waals surface area contributed by atoms with Crippen LogP contribution in [-0.2, 0) is 11.2 Å². The van der Waals surface area contributed by atoms with Crippen LogP contribution in [0.3, 0.4) is 0 Å². The summed E-state index contributed by atoms with van der Waals surface area (Å²) in [6.07, 6.45) is 1.87. The van der Waals surface area contributed by atoms with Crippen molar-refractivity contribution < 1.29 is 19.8 Å². The second-order valence-corrected chi connectivity index (χ2v) is 8.29. The lowest BCUT2D eigenvalue weighted by atomic mass is 10.0. The number of phenols is 1. The summed E-state index contributed by atoms with van der Waals surface area (Å²) in [5.74, 6) is -1.23. The van der Waals surface area contributed by atoms with E-state index in [9.17, 15) is 19.8 Å². The Labute approximate surface area is 185 Å². The van der Waals surface area contributed by atoms with Crippen molar-refractivity contribution in [1.82, 2.24) is 20.3 Å². The van der Waals surface area contributed by atoms with E-state index in [4.69, 9.17) is 0 Å². The molecule has 5 rings (SSSR count). The minimum Gasteiger partial charge on any atom is -0.506 e. The van der Waals surface area contributed by atoms with E-state index in [-0.39, 0.29) is 23.3 Å². The van der Waals surface area contributed by atoms with Gasteiger partial charge in [-0.15, -0.1) is 11.3 Å². The average Bonchev–Trinajstić information content (AvgIpc) is 3.53. The first-order valence-corrected chi connectivity index (χ1v) is 10.7. The van der Waals surface area contributed by atoms with Crippen LogP contribution in [0.1, 0.15) is 15.9 Å². The minimum atomic E-state index is -1.14. The Bertz CT molecular complexity index is 1450. The molecule has 0 saturated carbocycles. The average molecular weight is 446 g/mol. The number of hydrogen-bond donors (Lipinski definition) is 5. The van der Waals surface area contributed by atoms with Crippen molar-refractivity contribution in [1.29, 1.82) is 0 Å². The molecule has 1 unspecified atom stereocenters. The fourth-order valence-corrected chi connectivity index (χ4v) is 4.42. The first kappa shape index (κ1) is 19.8. The van der Waals surface area contributed by atoms with Crippen LogP contribution in [0.2, 0.25) is 0 Å². The molecular formula is C23H18N4O4S. The molecule has 1 amide bonds. The van der Waals surface area contributed by atoms with E-state index in [1.807, 2.05) is 41.8 Å². The molecule has 2 aromatic carbocycles. The van der Waals surface area contributed by atoms with Gasteiger partial charge in [0.1, 0.15) is 28.6 Å². The van der Waals surface area contributed by atoms with Crippen molar-refractivity contribution in [2.45, 2.75) is 12.5 Å². The summed E-state index contributed by atoms with van der Waals surface area (Å²) in [5, 5.41) is 25.4. The Kier molecular flexibility index (Phi) is 4.87. The number of H-pyrrole nitrogens is 2. The summed E-state index contributed by atoms with van der Waals surface area (Å²) < 4.78 is 0. The molecule has 9 heteroatoms. The molecule has 1 atom stereocenters. The SMILES string of the molecule is O=C(NC(Cc1c[nH]c2ccccc12)C(=O)O)c1ccc(O)c2[nH]c(-c3cccs3)nc12. The van der Waals surface area contributed by atoms with Gasteiger partial charge in [-0.2, -0.15) is 0 Å². The zero-order valence-electron chi connectivity index (χ0n) is 16.6. The highest BCUT2D eigenvalue weighted by molar-refractivity contribution is 7.13. The highest BCUT2D eigenvalue weighted by Gasteiger charge is 2.25. The molecule has 5 aromatic rings. The van der Waals surface area contributed by atoms with E-state index < -0.39 is 17.9 Å². The molecule has 0 spiro atoms. The Morgan fingerprint density at radius 3 is 2.75 bits per heavy atom. The summed E-state index contributed by atoms with van der Waals surface area (Å²) >= 11 is 1.47. The molecule has 0 fully saturated rings. The Morgan fingerprint density at radius 2 is 1.97 bits per heavy atom. The number of carbonyl (C=O) groups excluding carboxylic acids is 1. The predicted octanol–water partition coefficient (Wildman–Crippen LogP) is 3.90. The topological polar surface area (TPSA) is 131 Å². The molecule has 3 heterocycles. The zero-order valence-corrected chi connectivity index (χ0v) is 17.4. The summed E-state index contributed by atoms with van der Waals surface area (Å²) in [6, 6.07) is 13.0. The number of thiophene rings is 1. The molecule has 0 bridgehead atoms. The quantitative estimate of drug-likeness (QED) is 0.270. The van der Waals surface area contributed by atoms with Gasteiger partial charge in [0.2, 0.25) is 0 Å². The van der Waals surface area contributed by atoms with E-state index in [1.54, 1.807) is 6.20 Å². The maximum absolute atomic E-state index is 13.1. The molecule has 3 aromatic heterocycles. The third-order valence-electron chi connectivity index (χ3n) is 5.32. The van der Waals surface area contributed by atoms with Crippen LogP contribution in [0.15, 0.2) is 60.1 Å². The third-order valence-corrected chi connectivity index (χ3v) is 6.20. The summed E-state index contributed by atoms with van der Waals surface area (Å²) in [5.41, 5.74) is 2.48. The van der Waals surface area contributed by atoms with Gasteiger partial charge in [0.25, 0.3) is 5.91 Å². The number of phenolic OH excluding ortho intramolecular Hbond substituents is 1. The largest absolute Gasteiger partial charge is 0.506 e. The standard InChI is InChI=1S/C23H18N4O4S/c28-17-8-7-14(19-20(17)27-21(26-19)18-6-3-9-32-18)22(29)25-16(23(30)31)10-12-11-24-15-5-2-1-4-13(12)15/h1-9,11,16,24,28H,10H2,(H,25,29)(H,26,27)(H,30,31). The molecule has 0 aliphatic rings. The van der Waals surface area contributed by atoms with Crippen LogP contribution < -0.4 is 5.32 Å². The number of aromatic amines is 2. The van der Waals surface area contributed by atoms with Gasteiger partial charge >= 0.3 is 5.97 Å². The van der Waals surface area contributed by atoms with Crippen LogP contribution in [0.4, 0.5) is 0 Å². The second kappa shape index (κ2) is 7.86. The fraction of sp³-hybridized carbons (Fsp3) is 0.0870. The minimum absolute atomic E-state index is 0.0413. The molecule has 32 heavy (non-hydrogen) atoms. The lowest BCUT2D eigenvalue weighted by molar-refractivity contribution is -0.139. The van der Waals surface area contributed by atoms with Gasteiger partial charge in [-0.05, 0) is 35.2 Å². The van der Waals surface area contributed by atoms with Gasteiger partial charge in [0.05, 0.1) is 10.4 Å². The van der Waals surface area contributed by atoms with Crippen molar-refractivity contribution >= 4 is 45.1 Å². The summed E-state index contributed by atoms with van der Waals surface area (Å²) in [4.78, 5) is 36.5. The number of aromatic nitrogens is 3. The zero-order chi connectivity index (χ0) is 22.2. The smallest absolute Gasteiger partial charge is 0.326 e. The van der Waals surface area contributed by atoms with Gasteiger partial charge in [-0.25, -0.2) is 9.78 Å². The number of nitrogens with one attached hydrogen (secondary N) is 3. The lowest BCUT2D eigenvalue weighted by Gasteiger charge is -2.14. The van der Waals surface area contributed by atoms with E-state index in [2.05, 4.69) is 20.3 Å². The third kappa shape index (κ3) is 3.48.